The van der Waals surface area contributed by atoms with Crippen LogP contribution < -0.4 is 5.73 Å². The van der Waals surface area contributed by atoms with Gasteiger partial charge < -0.3 is 10.2 Å². The summed E-state index contributed by atoms with van der Waals surface area (Å²) in [5.41, 5.74) is 6.01. The zero-order valence-electron chi connectivity index (χ0n) is 8.18. The van der Waals surface area contributed by atoms with Crippen molar-refractivity contribution in [2.45, 2.75) is 38.0 Å². The van der Waals surface area contributed by atoms with Crippen LogP contribution in [0.1, 0.15) is 37.2 Å². The molecule has 2 heteroatoms. The fourth-order valence-electron chi connectivity index (χ4n) is 2.32. The fourth-order valence-corrected chi connectivity index (χ4v) is 2.32. The van der Waals surface area contributed by atoms with Crippen LogP contribution in [0.15, 0.2) is 16.5 Å². The molecule has 1 aromatic rings. The van der Waals surface area contributed by atoms with Crippen molar-refractivity contribution in [3.63, 3.8) is 0 Å². The summed E-state index contributed by atoms with van der Waals surface area (Å²) in [6.45, 7) is 2.71. The molecule has 0 aromatic carbocycles. The van der Waals surface area contributed by atoms with Crippen LogP contribution in [-0.4, -0.2) is 6.54 Å². The van der Waals surface area contributed by atoms with Gasteiger partial charge in [0.25, 0.3) is 0 Å². The Kier molecular flexibility index (Phi) is 2.16. The predicted molar refractivity (Wildman–Crippen MR) is 52.6 cm³/mol. The molecule has 0 radical (unpaired) electrons. The van der Waals surface area contributed by atoms with Crippen molar-refractivity contribution in [1.82, 2.24) is 0 Å². The van der Waals surface area contributed by atoms with E-state index in [2.05, 4.69) is 6.07 Å². The van der Waals surface area contributed by atoms with E-state index in [4.69, 9.17) is 10.2 Å². The maximum Gasteiger partial charge on any atom is 0.111 e. The minimum atomic E-state index is 0.161. The van der Waals surface area contributed by atoms with Crippen molar-refractivity contribution in [1.29, 1.82) is 0 Å². The molecular weight excluding hydrogens is 162 g/mol. The van der Waals surface area contributed by atoms with Crippen LogP contribution in [0.2, 0.25) is 0 Å². The van der Waals surface area contributed by atoms with E-state index in [0.717, 1.165) is 18.1 Å². The van der Waals surface area contributed by atoms with Crippen LogP contribution in [0, 0.1) is 6.92 Å². The molecule has 0 spiro atoms. The molecule has 0 unspecified atom stereocenters. The quantitative estimate of drug-likeness (QED) is 0.757. The summed E-state index contributed by atoms with van der Waals surface area (Å²) >= 11 is 0. The Hall–Kier alpha value is -0.760. The Morgan fingerprint density at radius 2 is 2.08 bits per heavy atom. The second-order valence-electron chi connectivity index (χ2n) is 4.10. The number of rotatable bonds is 2. The molecule has 2 nitrogen and oxygen atoms in total. The van der Waals surface area contributed by atoms with E-state index >= 15 is 0 Å². The van der Waals surface area contributed by atoms with Gasteiger partial charge in [0.2, 0.25) is 0 Å². The van der Waals surface area contributed by atoms with E-state index < -0.39 is 0 Å². The summed E-state index contributed by atoms with van der Waals surface area (Å²) in [6, 6.07) is 4.12. The van der Waals surface area contributed by atoms with E-state index in [0.29, 0.717) is 0 Å². The summed E-state index contributed by atoms with van der Waals surface area (Å²) in [7, 11) is 0. The Morgan fingerprint density at radius 3 is 2.54 bits per heavy atom. The molecule has 0 bridgehead atoms. The zero-order chi connectivity index (χ0) is 9.31. The highest BCUT2D eigenvalue weighted by Gasteiger charge is 2.36. The van der Waals surface area contributed by atoms with Gasteiger partial charge in [-0.05, 0) is 31.9 Å². The first-order valence-electron chi connectivity index (χ1n) is 5.04. The normalized spacial score (nSPS) is 20.8. The average molecular weight is 179 g/mol. The van der Waals surface area contributed by atoms with Crippen molar-refractivity contribution < 1.29 is 4.42 Å². The average Bonchev–Trinajstić information content (AvgIpc) is 2.73. The Morgan fingerprint density at radius 1 is 1.38 bits per heavy atom. The SMILES string of the molecule is Cc1ccc(C2(CN)CCCC2)o1. The number of hydrogen-bond donors (Lipinski definition) is 1. The van der Waals surface area contributed by atoms with Gasteiger partial charge >= 0.3 is 0 Å². The van der Waals surface area contributed by atoms with Crippen molar-refractivity contribution in [3.05, 3.63) is 23.7 Å². The topological polar surface area (TPSA) is 39.2 Å². The lowest BCUT2D eigenvalue weighted by atomic mass is 9.84. The number of aryl methyl sites for hydroxylation is 1. The second-order valence-corrected chi connectivity index (χ2v) is 4.10. The van der Waals surface area contributed by atoms with Gasteiger partial charge in [-0.3, -0.25) is 0 Å². The van der Waals surface area contributed by atoms with E-state index in [9.17, 15) is 0 Å². The largest absolute Gasteiger partial charge is 0.466 e. The molecule has 1 aromatic heterocycles. The van der Waals surface area contributed by atoms with E-state index in [-0.39, 0.29) is 5.41 Å². The van der Waals surface area contributed by atoms with Gasteiger partial charge in [-0.1, -0.05) is 12.8 Å². The van der Waals surface area contributed by atoms with E-state index in [1.807, 2.05) is 13.0 Å². The first kappa shape index (κ1) is 8.82. The highest BCUT2D eigenvalue weighted by atomic mass is 16.3. The van der Waals surface area contributed by atoms with E-state index in [1.54, 1.807) is 0 Å². The second kappa shape index (κ2) is 3.18. The third-order valence-corrected chi connectivity index (χ3v) is 3.21. The highest BCUT2D eigenvalue weighted by Crippen LogP contribution is 2.40. The van der Waals surface area contributed by atoms with Gasteiger partial charge in [0.05, 0.1) is 0 Å². The molecule has 0 atom stereocenters. The third-order valence-electron chi connectivity index (χ3n) is 3.21. The van der Waals surface area contributed by atoms with Crippen molar-refractivity contribution >= 4 is 0 Å². The molecule has 0 amide bonds. The summed E-state index contributed by atoms with van der Waals surface area (Å²) in [5.74, 6) is 2.10. The molecule has 1 aliphatic rings. The Labute approximate surface area is 79.1 Å². The molecule has 1 fully saturated rings. The molecule has 2 rings (SSSR count). The minimum Gasteiger partial charge on any atom is -0.466 e. The lowest BCUT2D eigenvalue weighted by Gasteiger charge is -2.24. The molecule has 1 aliphatic carbocycles. The predicted octanol–water partition coefficient (Wildman–Crippen LogP) is 2.36. The lowest BCUT2D eigenvalue weighted by molar-refractivity contribution is 0.339. The maximum atomic E-state index is 5.85. The van der Waals surface area contributed by atoms with Crippen molar-refractivity contribution in [2.24, 2.45) is 5.73 Å². The first-order valence-corrected chi connectivity index (χ1v) is 5.04. The minimum absolute atomic E-state index is 0.161. The zero-order valence-corrected chi connectivity index (χ0v) is 8.18. The molecule has 1 saturated carbocycles. The Bertz CT molecular complexity index is 284. The maximum absolute atomic E-state index is 5.85. The number of nitrogens with two attached hydrogens (primary N) is 1. The molecule has 1 heterocycles. The molecule has 0 saturated heterocycles. The summed E-state index contributed by atoms with van der Waals surface area (Å²) < 4.78 is 5.68. The van der Waals surface area contributed by atoms with Gasteiger partial charge in [-0.15, -0.1) is 0 Å². The standard InChI is InChI=1S/C11H17NO/c1-9-4-5-10(13-9)11(8-12)6-2-3-7-11/h4-5H,2-3,6-8,12H2,1H3. The smallest absolute Gasteiger partial charge is 0.111 e. The van der Waals surface area contributed by atoms with Crippen LogP contribution in [0.4, 0.5) is 0 Å². The van der Waals surface area contributed by atoms with Crippen LogP contribution in [-0.2, 0) is 5.41 Å². The van der Waals surface area contributed by atoms with Gasteiger partial charge in [0, 0.05) is 12.0 Å². The van der Waals surface area contributed by atoms with Crippen LogP contribution in [0.3, 0.4) is 0 Å². The van der Waals surface area contributed by atoms with Gasteiger partial charge in [0.15, 0.2) is 0 Å². The molecule has 2 N–H and O–H groups in total. The van der Waals surface area contributed by atoms with Crippen LogP contribution >= 0.6 is 0 Å². The molecule has 0 aliphatic heterocycles. The Balaban J connectivity index is 2.30. The summed E-state index contributed by atoms with van der Waals surface area (Å²) in [6.07, 6.45) is 4.96. The summed E-state index contributed by atoms with van der Waals surface area (Å²) in [4.78, 5) is 0. The monoisotopic (exact) mass is 179 g/mol. The van der Waals surface area contributed by atoms with Crippen molar-refractivity contribution in [2.75, 3.05) is 6.54 Å². The molecule has 13 heavy (non-hydrogen) atoms. The van der Waals surface area contributed by atoms with Gasteiger partial charge in [-0.25, -0.2) is 0 Å². The fraction of sp³-hybridized carbons (Fsp3) is 0.636. The van der Waals surface area contributed by atoms with Crippen molar-refractivity contribution in [3.8, 4) is 0 Å². The van der Waals surface area contributed by atoms with E-state index in [1.165, 1.54) is 25.7 Å². The van der Waals surface area contributed by atoms with Gasteiger partial charge in [-0.2, -0.15) is 0 Å². The lowest BCUT2D eigenvalue weighted by Crippen LogP contribution is -2.31. The number of hydrogen-bond acceptors (Lipinski definition) is 2. The summed E-state index contributed by atoms with van der Waals surface area (Å²) in [5, 5.41) is 0. The molecule has 72 valence electrons. The van der Waals surface area contributed by atoms with Crippen LogP contribution in [0.25, 0.3) is 0 Å². The van der Waals surface area contributed by atoms with Crippen LogP contribution in [0.5, 0.6) is 0 Å². The van der Waals surface area contributed by atoms with Gasteiger partial charge in [0.1, 0.15) is 11.5 Å². The first-order chi connectivity index (χ1) is 6.27. The third kappa shape index (κ3) is 1.39. The molecular formula is C11H17NO. The number of furan rings is 1. The highest BCUT2D eigenvalue weighted by molar-refractivity contribution is 5.19.